The van der Waals surface area contributed by atoms with Gasteiger partial charge >= 0.3 is 0 Å². The molecule has 0 aromatic heterocycles. The predicted octanol–water partition coefficient (Wildman–Crippen LogP) is 3.56. The van der Waals surface area contributed by atoms with Crippen LogP contribution in [-0.4, -0.2) is 44.0 Å². The van der Waals surface area contributed by atoms with Gasteiger partial charge < -0.3 is 11.1 Å². The summed E-state index contributed by atoms with van der Waals surface area (Å²) in [5, 5.41) is 3.09. The number of rotatable bonds is 7. The molecule has 1 amide bonds. The van der Waals surface area contributed by atoms with Crippen LogP contribution in [0.4, 0.5) is 10.1 Å². The molecule has 2 aromatic carbocycles. The van der Waals surface area contributed by atoms with Gasteiger partial charge in [-0.3, -0.25) is 4.79 Å². The van der Waals surface area contributed by atoms with Gasteiger partial charge in [0.1, 0.15) is 5.82 Å². The van der Waals surface area contributed by atoms with E-state index >= 15 is 0 Å². The summed E-state index contributed by atoms with van der Waals surface area (Å²) in [5.41, 5.74) is 6.07. The third-order valence-corrected chi connectivity index (χ3v) is 8.23. The van der Waals surface area contributed by atoms with Crippen LogP contribution in [0.3, 0.4) is 0 Å². The van der Waals surface area contributed by atoms with Gasteiger partial charge in [-0.25, -0.2) is 17.1 Å². The number of carbonyl (C=O) groups excluding carboxylic acids is 1. The van der Waals surface area contributed by atoms with Gasteiger partial charge in [-0.15, -0.1) is 0 Å². The zero-order valence-electron chi connectivity index (χ0n) is 17.4. The predicted molar refractivity (Wildman–Crippen MR) is 121 cm³/mol. The number of hydrogen-bond acceptors (Lipinski definition) is 4. The van der Waals surface area contributed by atoms with E-state index in [9.17, 15) is 17.6 Å². The van der Waals surface area contributed by atoms with Crippen molar-refractivity contribution in [2.24, 2.45) is 0 Å². The Hall–Kier alpha value is -2.16. The van der Waals surface area contributed by atoms with Crippen molar-refractivity contribution in [3.63, 3.8) is 0 Å². The average molecular weight is 468 g/mol. The van der Waals surface area contributed by atoms with E-state index in [4.69, 9.17) is 17.3 Å². The van der Waals surface area contributed by atoms with Crippen molar-refractivity contribution in [2.45, 2.75) is 31.6 Å². The van der Waals surface area contributed by atoms with Gasteiger partial charge in [0, 0.05) is 30.7 Å². The molecule has 0 atom stereocenters. The molecule has 0 saturated carbocycles. The Labute approximate surface area is 187 Å². The number of amides is 1. The Balaban J connectivity index is 1.86. The van der Waals surface area contributed by atoms with Crippen LogP contribution in [0.5, 0.6) is 0 Å². The molecule has 0 aliphatic carbocycles. The van der Waals surface area contributed by atoms with E-state index in [1.807, 2.05) is 6.92 Å². The Morgan fingerprint density at radius 3 is 2.48 bits per heavy atom. The molecule has 3 N–H and O–H groups in total. The third-order valence-electron chi connectivity index (χ3n) is 5.84. The number of nitrogen functional groups attached to an aromatic ring is 1. The highest BCUT2D eigenvalue weighted by Gasteiger charge is 2.41. The molecular formula is C22H27ClFN3O3S. The minimum absolute atomic E-state index is 0.0855. The number of carbonyl (C=O) groups is 1. The summed E-state index contributed by atoms with van der Waals surface area (Å²) in [6, 6.07) is 11.3. The molecule has 1 saturated heterocycles. The molecule has 6 nitrogen and oxygen atoms in total. The van der Waals surface area contributed by atoms with Gasteiger partial charge in [0.2, 0.25) is 10.0 Å². The maximum atomic E-state index is 14.8. The number of nitrogens with zero attached hydrogens (tertiary/aromatic N) is 1. The molecule has 168 valence electrons. The zero-order valence-corrected chi connectivity index (χ0v) is 19.0. The van der Waals surface area contributed by atoms with Crippen molar-refractivity contribution in [3.8, 4) is 0 Å². The molecule has 1 aliphatic heterocycles. The first-order valence-electron chi connectivity index (χ1n) is 10.3. The molecule has 9 heteroatoms. The topological polar surface area (TPSA) is 92.5 Å². The Morgan fingerprint density at radius 1 is 1.19 bits per heavy atom. The van der Waals surface area contributed by atoms with Crippen LogP contribution >= 0.6 is 11.6 Å². The van der Waals surface area contributed by atoms with Crippen LogP contribution in [0.25, 0.3) is 0 Å². The number of halogens is 2. The van der Waals surface area contributed by atoms with Gasteiger partial charge in [0.05, 0.1) is 16.3 Å². The van der Waals surface area contributed by atoms with E-state index in [1.54, 1.807) is 36.4 Å². The van der Waals surface area contributed by atoms with Crippen molar-refractivity contribution in [1.82, 2.24) is 9.62 Å². The minimum Gasteiger partial charge on any atom is -0.398 e. The summed E-state index contributed by atoms with van der Waals surface area (Å²) < 4.78 is 41.2. The van der Waals surface area contributed by atoms with E-state index in [2.05, 4.69) is 5.32 Å². The summed E-state index contributed by atoms with van der Waals surface area (Å²) in [4.78, 5) is 12.8. The number of nitrogens with one attached hydrogen (secondary N) is 1. The number of hydrogen-bond donors (Lipinski definition) is 2. The lowest BCUT2D eigenvalue weighted by atomic mass is 9.72. The second-order valence-corrected chi connectivity index (χ2v) is 10.4. The molecule has 31 heavy (non-hydrogen) atoms. The maximum Gasteiger partial charge on any atom is 0.254 e. The third kappa shape index (κ3) is 5.02. The highest BCUT2D eigenvalue weighted by molar-refractivity contribution is 7.89. The van der Waals surface area contributed by atoms with Crippen molar-refractivity contribution in [3.05, 3.63) is 64.4 Å². The molecule has 0 spiro atoms. The van der Waals surface area contributed by atoms with E-state index in [-0.39, 0.29) is 47.5 Å². The second kappa shape index (κ2) is 9.54. The van der Waals surface area contributed by atoms with E-state index < -0.39 is 21.3 Å². The first-order valence-corrected chi connectivity index (χ1v) is 12.2. The maximum absolute atomic E-state index is 14.8. The summed E-state index contributed by atoms with van der Waals surface area (Å²) in [6.07, 6.45) is 1.30. The first-order chi connectivity index (χ1) is 14.7. The molecule has 0 unspecified atom stereocenters. The highest BCUT2D eigenvalue weighted by Crippen LogP contribution is 2.37. The molecule has 1 fully saturated rings. The van der Waals surface area contributed by atoms with Crippen LogP contribution in [0, 0.1) is 5.82 Å². The first kappa shape index (κ1) is 23.5. The normalized spacial score (nSPS) is 16.7. The van der Waals surface area contributed by atoms with Gasteiger partial charge in [0.15, 0.2) is 0 Å². The standard InChI is InChI=1S/C22H27ClFN3O3S/c1-2-14-31(29,30)27-12-10-22(11-13-27,16-6-3-4-8-18(16)24)15-26-21(28)20-17(23)7-5-9-19(20)25/h3-9H,2,10-15,25H2,1H3,(H,26,28). The average Bonchev–Trinajstić information content (AvgIpc) is 2.73. The number of nitrogens with two attached hydrogens (primary N) is 1. The van der Waals surface area contributed by atoms with Gasteiger partial charge in [-0.1, -0.05) is 42.8 Å². The van der Waals surface area contributed by atoms with Crippen molar-refractivity contribution in [2.75, 3.05) is 31.1 Å². The van der Waals surface area contributed by atoms with Crippen LogP contribution < -0.4 is 11.1 Å². The van der Waals surface area contributed by atoms with Crippen LogP contribution in [0.2, 0.25) is 5.02 Å². The molecular weight excluding hydrogens is 441 g/mol. The van der Waals surface area contributed by atoms with Crippen molar-refractivity contribution >= 4 is 33.2 Å². The fourth-order valence-electron chi connectivity index (χ4n) is 4.13. The molecule has 0 bridgehead atoms. The van der Waals surface area contributed by atoms with Crippen molar-refractivity contribution < 1.29 is 17.6 Å². The quantitative estimate of drug-likeness (QED) is 0.609. The van der Waals surface area contributed by atoms with Crippen LogP contribution in [-0.2, 0) is 15.4 Å². The number of anilines is 1. The molecule has 1 heterocycles. The van der Waals surface area contributed by atoms with Crippen LogP contribution in [0.1, 0.15) is 42.1 Å². The number of sulfonamides is 1. The summed E-state index contributed by atoms with van der Waals surface area (Å²) >= 11 is 6.15. The van der Waals surface area contributed by atoms with E-state index in [0.717, 1.165) is 0 Å². The SMILES string of the molecule is CCCS(=O)(=O)N1CCC(CNC(=O)c2c(N)cccc2Cl)(c2ccccc2F)CC1. The molecule has 0 radical (unpaired) electrons. The smallest absolute Gasteiger partial charge is 0.254 e. The number of piperidine rings is 1. The zero-order chi connectivity index (χ0) is 22.6. The molecule has 2 aromatic rings. The lowest BCUT2D eigenvalue weighted by Crippen LogP contribution is -2.51. The molecule has 3 rings (SSSR count). The monoisotopic (exact) mass is 467 g/mol. The Morgan fingerprint density at radius 2 is 1.87 bits per heavy atom. The summed E-state index contributed by atoms with van der Waals surface area (Å²) in [6.45, 7) is 2.49. The van der Waals surface area contributed by atoms with Gasteiger partial charge in [0.25, 0.3) is 5.91 Å². The van der Waals surface area contributed by atoms with Crippen molar-refractivity contribution in [1.29, 1.82) is 0 Å². The van der Waals surface area contributed by atoms with Gasteiger partial charge in [-0.05, 0) is 43.0 Å². The molecule has 1 aliphatic rings. The fourth-order valence-corrected chi connectivity index (χ4v) is 5.91. The number of benzene rings is 2. The highest BCUT2D eigenvalue weighted by atomic mass is 35.5. The van der Waals surface area contributed by atoms with Crippen LogP contribution in [0.15, 0.2) is 42.5 Å². The second-order valence-electron chi connectivity index (χ2n) is 7.86. The van der Waals surface area contributed by atoms with E-state index in [1.165, 1.54) is 10.4 Å². The van der Waals surface area contributed by atoms with E-state index in [0.29, 0.717) is 24.8 Å². The Kier molecular flexibility index (Phi) is 7.24. The lowest BCUT2D eigenvalue weighted by molar-refractivity contribution is 0.0933. The summed E-state index contributed by atoms with van der Waals surface area (Å²) in [7, 11) is -3.34. The summed E-state index contributed by atoms with van der Waals surface area (Å²) in [5.74, 6) is -0.735. The minimum atomic E-state index is -3.34. The largest absolute Gasteiger partial charge is 0.398 e. The lowest BCUT2D eigenvalue weighted by Gasteiger charge is -2.42. The van der Waals surface area contributed by atoms with Gasteiger partial charge in [-0.2, -0.15) is 0 Å². The fraction of sp³-hybridized carbons (Fsp3) is 0.409. The Bertz CT molecular complexity index is 1030.